The molecule has 0 radical (unpaired) electrons. The number of nitrogens with zero attached hydrogens (tertiary/aromatic N) is 1. The second-order valence-electron chi connectivity index (χ2n) is 4.95. The van der Waals surface area contributed by atoms with Crippen molar-refractivity contribution in [1.29, 1.82) is 0 Å². The minimum atomic E-state index is -0.776. The number of rotatable bonds is 5. The molecule has 17 heavy (non-hydrogen) atoms. The van der Waals surface area contributed by atoms with Crippen molar-refractivity contribution in [3.63, 3.8) is 0 Å². The van der Waals surface area contributed by atoms with Gasteiger partial charge in [0.15, 0.2) is 0 Å². The second-order valence-corrected chi connectivity index (χ2v) is 4.95. The Balaban J connectivity index is 1.74. The van der Waals surface area contributed by atoms with Crippen molar-refractivity contribution in [3.05, 3.63) is 0 Å². The number of aliphatic carboxylic acids is 1. The molecular formula is C12H22N2O3. The predicted molar refractivity (Wildman–Crippen MR) is 64.1 cm³/mol. The van der Waals surface area contributed by atoms with Crippen LogP contribution in [0, 0.1) is 0 Å². The van der Waals surface area contributed by atoms with Gasteiger partial charge >= 0.3 is 5.97 Å². The van der Waals surface area contributed by atoms with E-state index in [4.69, 9.17) is 9.84 Å². The van der Waals surface area contributed by atoms with Crippen molar-refractivity contribution >= 4 is 5.97 Å². The molecule has 0 bridgehead atoms. The molecule has 2 rings (SSSR count). The summed E-state index contributed by atoms with van der Waals surface area (Å²) in [7, 11) is 0. The van der Waals surface area contributed by atoms with E-state index < -0.39 is 12.0 Å². The maximum Gasteiger partial charge on any atom is 0.320 e. The molecule has 2 aliphatic rings. The number of ether oxygens (including phenoxy) is 1. The van der Waals surface area contributed by atoms with Crippen LogP contribution in [0.4, 0.5) is 0 Å². The van der Waals surface area contributed by atoms with Gasteiger partial charge in [-0.15, -0.1) is 0 Å². The molecule has 2 heterocycles. The highest BCUT2D eigenvalue weighted by molar-refractivity contribution is 5.73. The van der Waals surface area contributed by atoms with Crippen molar-refractivity contribution in [2.75, 3.05) is 26.2 Å². The van der Waals surface area contributed by atoms with Crippen LogP contribution in [0.1, 0.15) is 26.2 Å². The molecule has 2 aliphatic heterocycles. The van der Waals surface area contributed by atoms with Gasteiger partial charge in [-0.05, 0) is 25.8 Å². The molecule has 3 atom stereocenters. The number of nitrogens with one attached hydrogen (secondary N) is 1. The fourth-order valence-corrected chi connectivity index (χ4v) is 2.69. The molecule has 0 amide bonds. The first kappa shape index (κ1) is 12.8. The van der Waals surface area contributed by atoms with Crippen LogP contribution in [0.5, 0.6) is 0 Å². The first-order valence-corrected chi connectivity index (χ1v) is 6.52. The molecule has 5 heteroatoms. The standard InChI is InChI=1S/C12H22N2O3/c1-2-11(12(15)16)13-6-10-7-14-5-3-4-9(14)8-17-10/h9-11,13H,2-8H2,1H3,(H,15,16). The lowest BCUT2D eigenvalue weighted by atomic mass is 10.1. The van der Waals surface area contributed by atoms with Gasteiger partial charge in [-0.3, -0.25) is 9.69 Å². The summed E-state index contributed by atoms with van der Waals surface area (Å²) in [5, 5.41) is 12.0. The van der Waals surface area contributed by atoms with Crippen molar-refractivity contribution in [3.8, 4) is 0 Å². The Hall–Kier alpha value is -0.650. The first-order chi connectivity index (χ1) is 8.20. The lowest BCUT2D eigenvalue weighted by Crippen LogP contribution is -2.51. The Morgan fingerprint density at radius 3 is 3.18 bits per heavy atom. The number of hydrogen-bond acceptors (Lipinski definition) is 4. The predicted octanol–water partition coefficient (Wildman–Crippen LogP) is 0.302. The third-order valence-electron chi connectivity index (χ3n) is 3.76. The minimum Gasteiger partial charge on any atom is -0.480 e. The average Bonchev–Trinajstić information content (AvgIpc) is 2.76. The summed E-state index contributed by atoms with van der Waals surface area (Å²) in [6.07, 6.45) is 3.25. The second kappa shape index (κ2) is 5.80. The van der Waals surface area contributed by atoms with Gasteiger partial charge in [0.05, 0.1) is 12.7 Å². The largest absolute Gasteiger partial charge is 0.480 e. The smallest absolute Gasteiger partial charge is 0.320 e. The average molecular weight is 242 g/mol. The number of fused-ring (bicyclic) bond motifs is 1. The summed E-state index contributed by atoms with van der Waals surface area (Å²) >= 11 is 0. The summed E-state index contributed by atoms with van der Waals surface area (Å²) in [5.41, 5.74) is 0. The van der Waals surface area contributed by atoms with Crippen LogP contribution in [0.3, 0.4) is 0 Å². The van der Waals surface area contributed by atoms with Crippen molar-refractivity contribution in [2.24, 2.45) is 0 Å². The van der Waals surface area contributed by atoms with Crippen LogP contribution in [0.25, 0.3) is 0 Å². The molecule has 5 nitrogen and oxygen atoms in total. The highest BCUT2D eigenvalue weighted by Gasteiger charge is 2.32. The third-order valence-corrected chi connectivity index (χ3v) is 3.76. The van der Waals surface area contributed by atoms with Gasteiger partial charge in [-0.1, -0.05) is 6.92 Å². The lowest BCUT2D eigenvalue weighted by Gasteiger charge is -2.35. The van der Waals surface area contributed by atoms with Gasteiger partial charge in [0.25, 0.3) is 0 Å². The molecule has 0 saturated carbocycles. The number of hydrogen-bond donors (Lipinski definition) is 2. The van der Waals surface area contributed by atoms with E-state index in [0.29, 0.717) is 19.0 Å². The van der Waals surface area contributed by atoms with E-state index in [1.54, 1.807) is 0 Å². The van der Waals surface area contributed by atoms with E-state index in [1.807, 2.05) is 6.92 Å². The maximum atomic E-state index is 10.9. The Morgan fingerprint density at radius 1 is 1.65 bits per heavy atom. The van der Waals surface area contributed by atoms with E-state index >= 15 is 0 Å². The van der Waals surface area contributed by atoms with Crippen LogP contribution in [0.2, 0.25) is 0 Å². The SMILES string of the molecule is CCC(NCC1CN2CCCC2CO1)C(=O)O. The number of carboxylic acid groups (broad SMARTS) is 1. The quantitative estimate of drug-likeness (QED) is 0.726. The van der Waals surface area contributed by atoms with Crippen LogP contribution in [-0.4, -0.2) is 60.4 Å². The normalized spacial score (nSPS) is 31.1. The van der Waals surface area contributed by atoms with Crippen molar-refractivity contribution in [2.45, 2.75) is 44.4 Å². The highest BCUT2D eigenvalue weighted by atomic mass is 16.5. The molecule has 0 aromatic carbocycles. The summed E-state index contributed by atoms with van der Waals surface area (Å²) < 4.78 is 5.77. The molecule has 3 unspecified atom stereocenters. The molecule has 98 valence electrons. The number of carbonyl (C=O) groups is 1. The third kappa shape index (κ3) is 3.18. The zero-order valence-corrected chi connectivity index (χ0v) is 10.4. The Bertz CT molecular complexity index is 272. The Kier molecular flexibility index (Phi) is 4.36. The molecule has 2 saturated heterocycles. The fourth-order valence-electron chi connectivity index (χ4n) is 2.69. The van der Waals surface area contributed by atoms with Gasteiger partial charge in [0.2, 0.25) is 0 Å². The Labute approximate surface area is 102 Å². The topological polar surface area (TPSA) is 61.8 Å². The number of morpholine rings is 1. The van der Waals surface area contributed by atoms with Crippen molar-refractivity contribution < 1.29 is 14.6 Å². The van der Waals surface area contributed by atoms with Crippen LogP contribution < -0.4 is 5.32 Å². The Morgan fingerprint density at radius 2 is 2.47 bits per heavy atom. The van der Waals surface area contributed by atoms with Gasteiger partial charge in [-0.2, -0.15) is 0 Å². The van der Waals surface area contributed by atoms with Crippen molar-refractivity contribution in [1.82, 2.24) is 10.2 Å². The van der Waals surface area contributed by atoms with Crippen LogP contribution in [0.15, 0.2) is 0 Å². The van der Waals surface area contributed by atoms with E-state index in [-0.39, 0.29) is 6.10 Å². The summed E-state index contributed by atoms with van der Waals surface area (Å²) in [6, 6.07) is 0.155. The van der Waals surface area contributed by atoms with Gasteiger partial charge < -0.3 is 15.2 Å². The molecular weight excluding hydrogens is 220 g/mol. The lowest BCUT2D eigenvalue weighted by molar-refractivity contribution is -0.139. The number of carboxylic acids is 1. The van der Waals surface area contributed by atoms with Crippen LogP contribution in [-0.2, 0) is 9.53 Å². The van der Waals surface area contributed by atoms with Gasteiger partial charge in [0.1, 0.15) is 6.04 Å². The van der Waals surface area contributed by atoms with Crippen LogP contribution >= 0.6 is 0 Å². The van der Waals surface area contributed by atoms with E-state index in [1.165, 1.54) is 19.4 Å². The zero-order valence-electron chi connectivity index (χ0n) is 10.4. The monoisotopic (exact) mass is 242 g/mol. The summed E-state index contributed by atoms with van der Waals surface area (Å²) in [4.78, 5) is 13.3. The molecule has 0 aromatic heterocycles. The fraction of sp³-hybridized carbons (Fsp3) is 0.917. The van der Waals surface area contributed by atoms with Gasteiger partial charge in [0, 0.05) is 19.1 Å². The molecule has 0 aromatic rings. The maximum absolute atomic E-state index is 10.9. The summed E-state index contributed by atoms with van der Waals surface area (Å²) in [6.45, 7) is 5.42. The minimum absolute atomic E-state index is 0.137. The zero-order chi connectivity index (χ0) is 12.3. The van der Waals surface area contributed by atoms with E-state index in [9.17, 15) is 4.79 Å². The molecule has 2 fully saturated rings. The van der Waals surface area contributed by atoms with Gasteiger partial charge in [-0.25, -0.2) is 0 Å². The molecule has 0 spiro atoms. The first-order valence-electron chi connectivity index (χ1n) is 6.52. The summed E-state index contributed by atoms with van der Waals surface area (Å²) in [5.74, 6) is -0.776. The van der Waals surface area contributed by atoms with E-state index in [0.717, 1.165) is 13.2 Å². The highest BCUT2D eigenvalue weighted by Crippen LogP contribution is 2.22. The molecule has 2 N–H and O–H groups in total. The molecule has 0 aliphatic carbocycles. The van der Waals surface area contributed by atoms with E-state index in [2.05, 4.69) is 10.2 Å².